The number of nitrogens with zero attached hydrogens (tertiary/aromatic N) is 1. The lowest BCUT2D eigenvalue weighted by molar-refractivity contribution is -0.122. The van der Waals surface area contributed by atoms with Gasteiger partial charge < -0.3 is 14.2 Å². The number of para-hydroxylation sites is 1. The molecule has 1 fully saturated rings. The van der Waals surface area contributed by atoms with Crippen molar-refractivity contribution in [2.45, 2.75) is 6.92 Å². The third-order valence-corrected chi connectivity index (χ3v) is 5.21. The highest BCUT2D eigenvalue weighted by Crippen LogP contribution is 2.30. The Labute approximate surface area is 202 Å². The SMILES string of the molecule is COc1cc(C=C2C(=O)NC(=O)N(c3cccc(C)c3)C2=O)ccc1OCCOc1ccccc1. The average molecular weight is 472 g/mol. The van der Waals surface area contributed by atoms with Crippen LogP contribution in [-0.4, -0.2) is 38.2 Å². The fourth-order valence-electron chi connectivity index (χ4n) is 3.55. The van der Waals surface area contributed by atoms with Gasteiger partial charge in [-0.25, -0.2) is 9.69 Å². The molecule has 0 saturated carbocycles. The number of barbiturate groups is 1. The first kappa shape index (κ1) is 23.6. The van der Waals surface area contributed by atoms with E-state index in [1.165, 1.54) is 13.2 Å². The van der Waals surface area contributed by atoms with Gasteiger partial charge in [0.1, 0.15) is 24.5 Å². The van der Waals surface area contributed by atoms with Gasteiger partial charge in [-0.3, -0.25) is 14.9 Å². The number of urea groups is 1. The molecule has 1 heterocycles. The molecule has 4 amide bonds. The number of aryl methyl sites for hydroxylation is 1. The van der Waals surface area contributed by atoms with Gasteiger partial charge in [-0.1, -0.05) is 36.4 Å². The molecular formula is C27H24N2O6. The summed E-state index contributed by atoms with van der Waals surface area (Å²) in [6.07, 6.45) is 1.41. The summed E-state index contributed by atoms with van der Waals surface area (Å²) in [4.78, 5) is 38.9. The fourth-order valence-corrected chi connectivity index (χ4v) is 3.55. The summed E-state index contributed by atoms with van der Waals surface area (Å²) in [5.74, 6) is 0.193. The molecule has 0 aromatic heterocycles. The smallest absolute Gasteiger partial charge is 0.335 e. The summed E-state index contributed by atoms with van der Waals surface area (Å²) < 4.78 is 16.8. The molecule has 0 unspecified atom stereocenters. The van der Waals surface area contributed by atoms with Gasteiger partial charge in [0.05, 0.1) is 12.8 Å². The number of hydrogen-bond donors (Lipinski definition) is 1. The third-order valence-electron chi connectivity index (χ3n) is 5.21. The van der Waals surface area contributed by atoms with Crippen molar-refractivity contribution in [2.75, 3.05) is 25.2 Å². The first-order valence-electron chi connectivity index (χ1n) is 10.9. The van der Waals surface area contributed by atoms with Crippen molar-refractivity contribution in [3.8, 4) is 17.2 Å². The minimum atomic E-state index is -0.790. The standard InChI is InChI=1S/C27H24N2O6/c1-18-7-6-8-20(15-18)29-26(31)22(25(30)28-27(29)32)16-19-11-12-23(24(17-19)33-2)35-14-13-34-21-9-4-3-5-10-21/h3-12,15-17H,13-14H2,1-2H3,(H,28,30,32). The maximum absolute atomic E-state index is 13.1. The number of nitrogens with one attached hydrogen (secondary N) is 1. The first-order valence-corrected chi connectivity index (χ1v) is 10.9. The number of benzene rings is 3. The van der Waals surface area contributed by atoms with E-state index in [9.17, 15) is 14.4 Å². The second-order valence-corrected chi connectivity index (χ2v) is 7.72. The summed E-state index contributed by atoms with van der Waals surface area (Å²) in [6, 6.07) is 20.6. The zero-order chi connectivity index (χ0) is 24.8. The number of carbonyl (C=O) groups excluding carboxylic acids is 3. The van der Waals surface area contributed by atoms with Crippen LogP contribution in [0.25, 0.3) is 6.08 Å². The summed E-state index contributed by atoms with van der Waals surface area (Å²) in [5.41, 5.74) is 1.62. The van der Waals surface area contributed by atoms with Crippen LogP contribution < -0.4 is 24.4 Å². The number of rotatable bonds is 8. The van der Waals surface area contributed by atoms with E-state index in [-0.39, 0.29) is 5.57 Å². The summed E-state index contributed by atoms with van der Waals surface area (Å²) in [5, 5.41) is 2.22. The molecule has 3 aromatic carbocycles. The number of hydrogen-bond acceptors (Lipinski definition) is 6. The lowest BCUT2D eigenvalue weighted by Crippen LogP contribution is -2.54. The van der Waals surface area contributed by atoms with E-state index in [0.29, 0.717) is 36.0 Å². The van der Waals surface area contributed by atoms with Gasteiger partial charge in [-0.15, -0.1) is 0 Å². The number of amides is 4. The van der Waals surface area contributed by atoms with E-state index in [4.69, 9.17) is 14.2 Å². The summed E-state index contributed by atoms with van der Waals surface area (Å²) in [7, 11) is 1.50. The first-order chi connectivity index (χ1) is 17.0. The van der Waals surface area contributed by atoms with E-state index < -0.39 is 17.8 Å². The normalized spacial score (nSPS) is 14.6. The van der Waals surface area contributed by atoms with Crippen LogP contribution in [0.4, 0.5) is 10.5 Å². The summed E-state index contributed by atoms with van der Waals surface area (Å²) in [6.45, 7) is 2.48. The zero-order valence-electron chi connectivity index (χ0n) is 19.3. The number of carbonyl (C=O) groups is 3. The van der Waals surface area contributed by atoms with E-state index >= 15 is 0 Å². The Morgan fingerprint density at radius 2 is 1.63 bits per heavy atom. The van der Waals surface area contributed by atoms with Crippen LogP contribution in [0.5, 0.6) is 17.2 Å². The van der Waals surface area contributed by atoms with Crippen molar-refractivity contribution in [2.24, 2.45) is 0 Å². The van der Waals surface area contributed by atoms with Crippen LogP contribution in [0.3, 0.4) is 0 Å². The molecule has 1 saturated heterocycles. The van der Waals surface area contributed by atoms with Gasteiger partial charge in [-0.05, 0) is 60.5 Å². The van der Waals surface area contributed by atoms with Gasteiger partial charge in [0.2, 0.25) is 0 Å². The Balaban J connectivity index is 1.50. The van der Waals surface area contributed by atoms with Crippen molar-refractivity contribution < 1.29 is 28.6 Å². The minimum absolute atomic E-state index is 0.168. The Morgan fingerprint density at radius 1 is 0.857 bits per heavy atom. The van der Waals surface area contributed by atoms with Gasteiger partial charge in [0.15, 0.2) is 11.5 Å². The number of imide groups is 2. The summed E-state index contributed by atoms with van der Waals surface area (Å²) >= 11 is 0. The monoisotopic (exact) mass is 472 g/mol. The third kappa shape index (κ3) is 5.50. The van der Waals surface area contributed by atoms with Crippen LogP contribution in [-0.2, 0) is 9.59 Å². The van der Waals surface area contributed by atoms with Gasteiger partial charge in [0, 0.05) is 0 Å². The highest BCUT2D eigenvalue weighted by atomic mass is 16.5. The Hall–Kier alpha value is -4.59. The Bertz CT molecular complexity index is 1290. The molecule has 0 radical (unpaired) electrons. The zero-order valence-corrected chi connectivity index (χ0v) is 19.3. The van der Waals surface area contributed by atoms with Crippen LogP contribution >= 0.6 is 0 Å². The van der Waals surface area contributed by atoms with Crippen molar-refractivity contribution in [3.63, 3.8) is 0 Å². The van der Waals surface area contributed by atoms with Gasteiger partial charge >= 0.3 is 6.03 Å². The lowest BCUT2D eigenvalue weighted by atomic mass is 10.1. The highest BCUT2D eigenvalue weighted by Gasteiger charge is 2.36. The molecule has 8 heteroatoms. The molecule has 4 rings (SSSR count). The van der Waals surface area contributed by atoms with Crippen molar-refractivity contribution >= 4 is 29.6 Å². The number of methoxy groups -OCH3 is 1. The van der Waals surface area contributed by atoms with E-state index in [1.807, 2.05) is 43.3 Å². The van der Waals surface area contributed by atoms with E-state index in [0.717, 1.165) is 16.2 Å². The number of ether oxygens (including phenoxy) is 3. The van der Waals surface area contributed by atoms with E-state index in [2.05, 4.69) is 5.32 Å². The topological polar surface area (TPSA) is 94.2 Å². The molecule has 0 spiro atoms. The largest absolute Gasteiger partial charge is 0.493 e. The van der Waals surface area contributed by atoms with Crippen LogP contribution in [0.2, 0.25) is 0 Å². The molecule has 0 atom stereocenters. The molecule has 35 heavy (non-hydrogen) atoms. The minimum Gasteiger partial charge on any atom is -0.493 e. The molecular weight excluding hydrogens is 448 g/mol. The maximum atomic E-state index is 13.1. The van der Waals surface area contributed by atoms with Crippen LogP contribution in [0.1, 0.15) is 11.1 Å². The second kappa shape index (κ2) is 10.6. The molecule has 0 bridgehead atoms. The number of anilines is 1. The van der Waals surface area contributed by atoms with Crippen molar-refractivity contribution in [1.29, 1.82) is 0 Å². The molecule has 3 aromatic rings. The molecule has 1 aliphatic heterocycles. The van der Waals surface area contributed by atoms with Gasteiger partial charge in [0.25, 0.3) is 11.8 Å². The van der Waals surface area contributed by atoms with Crippen LogP contribution in [0.15, 0.2) is 78.4 Å². The predicted molar refractivity (Wildman–Crippen MR) is 131 cm³/mol. The molecule has 8 nitrogen and oxygen atoms in total. The molecule has 0 aliphatic carbocycles. The predicted octanol–water partition coefficient (Wildman–Crippen LogP) is 4.13. The Morgan fingerprint density at radius 3 is 2.37 bits per heavy atom. The quantitative estimate of drug-likeness (QED) is 0.301. The highest BCUT2D eigenvalue weighted by molar-refractivity contribution is 6.39. The fraction of sp³-hybridized carbons (Fsp3) is 0.148. The second-order valence-electron chi connectivity index (χ2n) is 7.72. The van der Waals surface area contributed by atoms with Crippen molar-refractivity contribution in [1.82, 2.24) is 5.32 Å². The maximum Gasteiger partial charge on any atom is 0.335 e. The van der Waals surface area contributed by atoms with E-state index in [1.54, 1.807) is 36.4 Å². The van der Waals surface area contributed by atoms with Crippen LogP contribution in [0, 0.1) is 6.92 Å². The average Bonchev–Trinajstić information content (AvgIpc) is 2.85. The van der Waals surface area contributed by atoms with Gasteiger partial charge in [-0.2, -0.15) is 0 Å². The van der Waals surface area contributed by atoms with Crippen molar-refractivity contribution in [3.05, 3.63) is 89.5 Å². The molecule has 178 valence electrons. The molecule has 1 aliphatic rings. The molecule has 1 N–H and O–H groups in total. The Kier molecular flexibility index (Phi) is 7.11. The lowest BCUT2D eigenvalue weighted by Gasteiger charge is -2.26.